The van der Waals surface area contributed by atoms with Crippen LogP contribution in [0.2, 0.25) is 0 Å². The summed E-state index contributed by atoms with van der Waals surface area (Å²) in [5.74, 6) is -0.843. The number of nitrogens with zero attached hydrogens (tertiary/aromatic N) is 5. The minimum Gasteiger partial charge on any atom is -0.317 e. The maximum Gasteiger partial charge on any atom is 0.416 e. The number of carbonyl (C=O) groups is 1. The molecule has 0 aliphatic rings. The second-order valence-corrected chi connectivity index (χ2v) is 5.78. The number of tetrazole rings is 1. The Kier molecular flexibility index (Phi) is 4.22. The van der Waals surface area contributed by atoms with Crippen molar-refractivity contribution in [1.82, 2.24) is 25.2 Å². The molecule has 4 aromatic rings. The number of pyridine rings is 1. The number of alkyl halides is 3. The van der Waals surface area contributed by atoms with Crippen molar-refractivity contribution in [3.8, 4) is 5.69 Å². The quantitative estimate of drug-likeness (QED) is 0.585. The third kappa shape index (κ3) is 3.39. The molecular formula is C18H11F3N6O. The van der Waals surface area contributed by atoms with Crippen LogP contribution in [0.5, 0.6) is 0 Å². The number of anilines is 1. The number of para-hydroxylation sites is 1. The van der Waals surface area contributed by atoms with Crippen molar-refractivity contribution in [2.75, 3.05) is 5.32 Å². The van der Waals surface area contributed by atoms with Gasteiger partial charge in [0.25, 0.3) is 11.7 Å². The second-order valence-electron chi connectivity index (χ2n) is 5.78. The van der Waals surface area contributed by atoms with Gasteiger partial charge in [0.15, 0.2) is 0 Å². The number of carbonyl (C=O) groups excluding carboxylic acids is 1. The Morgan fingerprint density at radius 3 is 2.50 bits per heavy atom. The zero-order valence-electron chi connectivity index (χ0n) is 14.1. The lowest BCUT2D eigenvalue weighted by Gasteiger charge is -2.06. The molecule has 4 rings (SSSR count). The van der Waals surface area contributed by atoms with E-state index in [2.05, 4.69) is 25.7 Å². The van der Waals surface area contributed by atoms with Crippen molar-refractivity contribution in [1.29, 1.82) is 0 Å². The van der Waals surface area contributed by atoms with Gasteiger partial charge in [0.2, 0.25) is 0 Å². The average molecular weight is 384 g/mol. The lowest BCUT2D eigenvalue weighted by Crippen LogP contribution is -2.14. The van der Waals surface area contributed by atoms with E-state index >= 15 is 0 Å². The highest BCUT2D eigenvalue weighted by molar-refractivity contribution is 6.06. The molecule has 28 heavy (non-hydrogen) atoms. The van der Waals surface area contributed by atoms with E-state index in [1.54, 1.807) is 24.4 Å². The molecule has 0 unspecified atom stereocenters. The van der Waals surface area contributed by atoms with Gasteiger partial charge in [-0.15, -0.1) is 15.0 Å². The van der Waals surface area contributed by atoms with Crippen molar-refractivity contribution in [2.24, 2.45) is 0 Å². The van der Waals surface area contributed by atoms with Crippen molar-refractivity contribution in [3.63, 3.8) is 0 Å². The van der Waals surface area contributed by atoms with Crippen molar-refractivity contribution < 1.29 is 18.0 Å². The van der Waals surface area contributed by atoms with E-state index in [0.29, 0.717) is 11.2 Å². The number of hydrogen-bond acceptors (Lipinski definition) is 5. The minimum atomic E-state index is -4.44. The topological polar surface area (TPSA) is 85.6 Å². The maximum absolute atomic E-state index is 12.6. The molecule has 0 atom stereocenters. The normalized spacial score (nSPS) is 11.5. The van der Waals surface area contributed by atoms with E-state index in [9.17, 15) is 18.0 Å². The molecule has 0 aliphatic carbocycles. The fraction of sp³-hybridized carbons (Fsp3) is 0.0556. The first-order valence-electron chi connectivity index (χ1n) is 8.04. The molecule has 1 N–H and O–H groups in total. The second kappa shape index (κ2) is 6.72. The van der Waals surface area contributed by atoms with E-state index in [4.69, 9.17) is 0 Å². The van der Waals surface area contributed by atoms with Gasteiger partial charge in [0.05, 0.1) is 22.5 Å². The van der Waals surface area contributed by atoms with Crippen molar-refractivity contribution in [2.45, 2.75) is 6.18 Å². The predicted octanol–water partition coefficient (Wildman–Crippen LogP) is 3.48. The first-order chi connectivity index (χ1) is 13.4. The van der Waals surface area contributed by atoms with Crippen LogP contribution in [0.3, 0.4) is 0 Å². The highest BCUT2D eigenvalue weighted by Crippen LogP contribution is 2.29. The first kappa shape index (κ1) is 17.6. The maximum atomic E-state index is 12.6. The third-order valence-corrected chi connectivity index (χ3v) is 3.92. The molecule has 0 spiro atoms. The zero-order chi connectivity index (χ0) is 19.7. The number of benzene rings is 2. The lowest BCUT2D eigenvalue weighted by molar-refractivity contribution is -0.137. The average Bonchev–Trinajstić information content (AvgIpc) is 3.18. The molecule has 140 valence electrons. The minimum absolute atomic E-state index is 0.229. The van der Waals surface area contributed by atoms with Gasteiger partial charge < -0.3 is 5.32 Å². The number of amides is 1. The molecule has 0 saturated carbocycles. The number of rotatable bonds is 3. The standard InChI is InChI=1S/C18H11F3N6O/c19-18(20,21)12-6-8-13(9-7-12)27-25-16(24-26-27)17(28)23-14-5-1-3-11-4-2-10-22-15(11)14/h1-10H,(H,23,28). The van der Waals surface area contributed by atoms with Gasteiger partial charge in [-0.1, -0.05) is 18.2 Å². The van der Waals surface area contributed by atoms with Crippen molar-refractivity contribution in [3.05, 3.63) is 72.2 Å². The molecule has 2 heterocycles. The van der Waals surface area contributed by atoms with Crippen LogP contribution in [0.25, 0.3) is 16.6 Å². The molecule has 1 amide bonds. The van der Waals surface area contributed by atoms with Crippen LogP contribution in [0.15, 0.2) is 60.8 Å². The van der Waals surface area contributed by atoms with Crippen LogP contribution in [0, 0.1) is 0 Å². The molecule has 0 fully saturated rings. The summed E-state index contributed by atoms with van der Waals surface area (Å²) in [7, 11) is 0. The summed E-state index contributed by atoms with van der Waals surface area (Å²) in [5, 5.41) is 14.8. The number of hydrogen-bond donors (Lipinski definition) is 1. The number of halogens is 3. The van der Waals surface area contributed by atoms with Gasteiger partial charge in [-0.05, 0) is 41.6 Å². The Morgan fingerprint density at radius 2 is 1.75 bits per heavy atom. The summed E-state index contributed by atoms with van der Waals surface area (Å²) < 4.78 is 37.9. The van der Waals surface area contributed by atoms with Gasteiger partial charge in [-0.2, -0.15) is 13.2 Å². The van der Waals surface area contributed by atoms with E-state index in [1.807, 2.05) is 12.1 Å². The number of nitrogens with one attached hydrogen (secondary N) is 1. The Bertz CT molecular complexity index is 1150. The summed E-state index contributed by atoms with van der Waals surface area (Å²) in [6.45, 7) is 0. The van der Waals surface area contributed by atoms with Crippen LogP contribution in [-0.2, 0) is 6.18 Å². The number of aromatic nitrogens is 5. The molecule has 2 aromatic carbocycles. The molecule has 2 aromatic heterocycles. The summed E-state index contributed by atoms with van der Waals surface area (Å²) in [6.07, 6.45) is -2.83. The monoisotopic (exact) mass is 384 g/mol. The highest BCUT2D eigenvalue weighted by atomic mass is 19.4. The van der Waals surface area contributed by atoms with Crippen LogP contribution in [0.4, 0.5) is 18.9 Å². The fourth-order valence-corrected chi connectivity index (χ4v) is 2.58. The van der Waals surface area contributed by atoms with Crippen LogP contribution in [-0.4, -0.2) is 31.1 Å². The Morgan fingerprint density at radius 1 is 1.00 bits per heavy atom. The van der Waals surface area contributed by atoms with Gasteiger partial charge in [0, 0.05) is 11.6 Å². The Labute approximate surface area is 155 Å². The van der Waals surface area contributed by atoms with Gasteiger partial charge in [0.1, 0.15) is 0 Å². The molecular weight excluding hydrogens is 373 g/mol. The summed E-state index contributed by atoms with van der Waals surface area (Å²) in [6, 6.07) is 13.2. The van der Waals surface area contributed by atoms with E-state index < -0.39 is 17.6 Å². The zero-order valence-corrected chi connectivity index (χ0v) is 14.1. The Balaban J connectivity index is 1.56. The van der Waals surface area contributed by atoms with Gasteiger partial charge in [-0.3, -0.25) is 9.78 Å². The Hall–Kier alpha value is -3.82. The van der Waals surface area contributed by atoms with Gasteiger partial charge in [-0.25, -0.2) is 0 Å². The largest absolute Gasteiger partial charge is 0.416 e. The molecule has 0 bridgehead atoms. The predicted molar refractivity (Wildman–Crippen MR) is 93.9 cm³/mol. The molecule has 0 radical (unpaired) electrons. The van der Waals surface area contributed by atoms with Gasteiger partial charge >= 0.3 is 6.18 Å². The lowest BCUT2D eigenvalue weighted by atomic mass is 10.2. The van der Waals surface area contributed by atoms with Crippen molar-refractivity contribution >= 4 is 22.5 Å². The van der Waals surface area contributed by atoms with E-state index in [-0.39, 0.29) is 11.5 Å². The van der Waals surface area contributed by atoms with Crippen LogP contribution >= 0.6 is 0 Å². The van der Waals surface area contributed by atoms with Crippen LogP contribution < -0.4 is 5.32 Å². The summed E-state index contributed by atoms with van der Waals surface area (Å²) in [5.41, 5.74) is 0.534. The van der Waals surface area contributed by atoms with Crippen LogP contribution in [0.1, 0.15) is 16.2 Å². The highest BCUT2D eigenvalue weighted by Gasteiger charge is 2.30. The smallest absolute Gasteiger partial charge is 0.317 e. The third-order valence-electron chi connectivity index (χ3n) is 3.92. The SMILES string of the molecule is O=C(Nc1cccc2cccnc12)c1nnn(-c2ccc(C(F)(F)F)cc2)n1. The molecule has 7 nitrogen and oxygen atoms in total. The number of fused-ring (bicyclic) bond motifs is 1. The molecule has 10 heteroatoms. The summed E-state index contributed by atoms with van der Waals surface area (Å²) in [4.78, 5) is 17.6. The molecule has 0 saturated heterocycles. The fourth-order valence-electron chi connectivity index (χ4n) is 2.58. The molecule has 0 aliphatic heterocycles. The van der Waals surface area contributed by atoms with E-state index in [1.165, 1.54) is 12.1 Å². The van der Waals surface area contributed by atoms with E-state index in [0.717, 1.165) is 22.3 Å². The summed E-state index contributed by atoms with van der Waals surface area (Å²) >= 11 is 0. The first-order valence-corrected chi connectivity index (χ1v) is 8.04.